The first-order valence-corrected chi connectivity index (χ1v) is 10.2. The molecule has 3 rings (SSSR count). The van der Waals surface area contributed by atoms with Crippen LogP contribution in [0.25, 0.3) is 0 Å². The zero-order chi connectivity index (χ0) is 18.6. The number of hydrogen-bond acceptors (Lipinski definition) is 5. The number of benzene rings is 2. The topological polar surface area (TPSA) is 72.5 Å². The third-order valence-electron chi connectivity index (χ3n) is 4.87. The van der Waals surface area contributed by atoms with Crippen LogP contribution in [0.5, 0.6) is 0 Å². The van der Waals surface area contributed by atoms with E-state index in [0.717, 1.165) is 12.0 Å². The minimum absolute atomic E-state index is 0.226. The lowest BCUT2D eigenvalue weighted by molar-refractivity contribution is -0.142. The smallest absolute Gasteiger partial charge is 0.322 e. The molecule has 0 amide bonds. The van der Waals surface area contributed by atoms with E-state index in [1.807, 2.05) is 30.3 Å². The molecule has 138 valence electrons. The molecule has 3 atom stereocenters. The predicted octanol–water partition coefficient (Wildman–Crippen LogP) is 2.37. The number of methoxy groups -OCH3 is 1. The summed E-state index contributed by atoms with van der Waals surface area (Å²) in [7, 11) is -2.22. The third-order valence-corrected chi connectivity index (χ3v) is 7.12. The van der Waals surface area contributed by atoms with Crippen LogP contribution in [0.1, 0.15) is 18.4 Å². The molecule has 1 fully saturated rings. The van der Waals surface area contributed by atoms with Gasteiger partial charge in [-0.3, -0.25) is 4.79 Å². The number of aryl methyl sites for hydroxylation is 1. The number of nitrogens with one attached hydrogen (secondary N) is 1. The summed E-state index contributed by atoms with van der Waals surface area (Å²) in [6.07, 6.45) is 1.60. The minimum atomic E-state index is -3.54. The van der Waals surface area contributed by atoms with Gasteiger partial charge in [-0.25, -0.2) is 8.42 Å². The van der Waals surface area contributed by atoms with Crippen LogP contribution < -0.4 is 5.32 Å². The minimum Gasteiger partial charge on any atom is -0.468 e. The molecular formula is C20H23NO4S. The van der Waals surface area contributed by atoms with E-state index < -0.39 is 27.1 Å². The molecule has 0 bridgehead atoms. The molecule has 0 saturated carbocycles. The van der Waals surface area contributed by atoms with Gasteiger partial charge in [-0.05, 0) is 37.0 Å². The molecule has 0 unspecified atom stereocenters. The predicted molar refractivity (Wildman–Crippen MR) is 99.5 cm³/mol. The standard InChI is InChI=1S/C20H23NO4S/c1-25-20(22)18-14-19(26(23,24)16-10-6-3-7-11-16)17(21-18)13-12-15-8-4-2-5-9-15/h2-11,17-19,21H,12-14H2,1H3/t17-,18-,19+/m1/s1. The lowest BCUT2D eigenvalue weighted by atomic mass is 10.0. The molecular weight excluding hydrogens is 350 g/mol. The second-order valence-electron chi connectivity index (χ2n) is 6.51. The van der Waals surface area contributed by atoms with Crippen molar-refractivity contribution in [1.82, 2.24) is 5.32 Å². The Bertz CT molecular complexity index is 837. The lowest BCUT2D eigenvalue weighted by Gasteiger charge is -2.20. The van der Waals surface area contributed by atoms with Crippen molar-refractivity contribution >= 4 is 15.8 Å². The SMILES string of the molecule is COC(=O)[C@H]1C[C@H](S(=O)(=O)c2ccccc2)[C@@H](CCc2ccccc2)N1. The van der Waals surface area contributed by atoms with Crippen molar-refractivity contribution in [2.75, 3.05) is 7.11 Å². The van der Waals surface area contributed by atoms with E-state index >= 15 is 0 Å². The van der Waals surface area contributed by atoms with E-state index in [1.165, 1.54) is 7.11 Å². The molecule has 0 aromatic heterocycles. The highest BCUT2D eigenvalue weighted by Crippen LogP contribution is 2.29. The van der Waals surface area contributed by atoms with E-state index in [9.17, 15) is 13.2 Å². The van der Waals surface area contributed by atoms with E-state index in [0.29, 0.717) is 11.3 Å². The molecule has 1 N–H and O–H groups in total. The van der Waals surface area contributed by atoms with Crippen LogP contribution in [0.2, 0.25) is 0 Å². The van der Waals surface area contributed by atoms with Gasteiger partial charge in [0.2, 0.25) is 0 Å². The Labute approximate surface area is 154 Å². The molecule has 0 spiro atoms. The van der Waals surface area contributed by atoms with Gasteiger partial charge < -0.3 is 10.1 Å². The summed E-state index contributed by atoms with van der Waals surface area (Å²) >= 11 is 0. The lowest BCUT2D eigenvalue weighted by Crippen LogP contribution is -2.39. The van der Waals surface area contributed by atoms with Crippen molar-refractivity contribution in [3.8, 4) is 0 Å². The highest BCUT2D eigenvalue weighted by atomic mass is 32.2. The van der Waals surface area contributed by atoms with Crippen molar-refractivity contribution in [3.63, 3.8) is 0 Å². The summed E-state index contributed by atoms with van der Waals surface area (Å²) in [5, 5.41) is 2.53. The molecule has 26 heavy (non-hydrogen) atoms. The highest BCUT2D eigenvalue weighted by Gasteiger charge is 2.44. The van der Waals surface area contributed by atoms with Crippen molar-refractivity contribution in [3.05, 3.63) is 66.2 Å². The number of carbonyl (C=O) groups excluding carboxylic acids is 1. The van der Waals surface area contributed by atoms with Crippen LogP contribution in [0.3, 0.4) is 0 Å². The largest absolute Gasteiger partial charge is 0.468 e. The Morgan fingerprint density at radius 3 is 2.31 bits per heavy atom. The molecule has 1 heterocycles. The Balaban J connectivity index is 1.83. The van der Waals surface area contributed by atoms with E-state index in [4.69, 9.17) is 4.74 Å². The van der Waals surface area contributed by atoms with Gasteiger partial charge in [0.15, 0.2) is 9.84 Å². The number of sulfone groups is 1. The molecule has 6 heteroatoms. The van der Waals surface area contributed by atoms with Gasteiger partial charge in [0.05, 0.1) is 17.3 Å². The third kappa shape index (κ3) is 3.97. The fraction of sp³-hybridized carbons (Fsp3) is 0.350. The van der Waals surface area contributed by atoms with Crippen LogP contribution >= 0.6 is 0 Å². The van der Waals surface area contributed by atoms with Gasteiger partial charge >= 0.3 is 5.97 Å². The van der Waals surface area contributed by atoms with Gasteiger partial charge in [0.25, 0.3) is 0 Å². The van der Waals surface area contributed by atoms with Gasteiger partial charge in [0, 0.05) is 6.04 Å². The van der Waals surface area contributed by atoms with Crippen molar-refractivity contribution < 1.29 is 17.9 Å². The van der Waals surface area contributed by atoms with E-state index in [-0.39, 0.29) is 12.5 Å². The van der Waals surface area contributed by atoms with E-state index in [2.05, 4.69) is 5.32 Å². The van der Waals surface area contributed by atoms with Gasteiger partial charge in [-0.1, -0.05) is 48.5 Å². The molecule has 0 radical (unpaired) electrons. The number of ether oxygens (including phenoxy) is 1. The fourth-order valence-electron chi connectivity index (χ4n) is 3.50. The first-order chi connectivity index (χ1) is 12.5. The molecule has 1 aliphatic heterocycles. The quantitative estimate of drug-likeness (QED) is 0.787. The van der Waals surface area contributed by atoms with Crippen LogP contribution in [0, 0.1) is 0 Å². The average Bonchev–Trinajstić information content (AvgIpc) is 3.12. The molecule has 2 aromatic carbocycles. The fourth-order valence-corrected chi connectivity index (χ4v) is 5.48. The number of esters is 1. The normalized spacial score (nSPS) is 22.9. The van der Waals surface area contributed by atoms with E-state index in [1.54, 1.807) is 30.3 Å². The molecule has 5 nitrogen and oxygen atoms in total. The number of hydrogen-bond donors (Lipinski definition) is 1. The van der Waals surface area contributed by atoms with Gasteiger partial charge in [-0.2, -0.15) is 0 Å². The monoisotopic (exact) mass is 373 g/mol. The maximum absolute atomic E-state index is 13.1. The Hall–Kier alpha value is -2.18. The Morgan fingerprint density at radius 1 is 1.08 bits per heavy atom. The molecule has 1 saturated heterocycles. The number of rotatable bonds is 6. The maximum atomic E-state index is 13.1. The summed E-state index contributed by atoms with van der Waals surface area (Å²) < 4.78 is 31.1. The van der Waals surface area contributed by atoms with Crippen LogP contribution in [0.4, 0.5) is 0 Å². The Kier molecular flexibility index (Phi) is 5.74. The summed E-state index contributed by atoms with van der Waals surface area (Å²) in [5.41, 5.74) is 1.15. The first-order valence-electron chi connectivity index (χ1n) is 8.69. The second-order valence-corrected chi connectivity index (χ2v) is 8.67. The van der Waals surface area contributed by atoms with Gasteiger partial charge in [0.1, 0.15) is 6.04 Å². The van der Waals surface area contributed by atoms with Crippen LogP contribution in [0.15, 0.2) is 65.6 Å². The molecule has 0 aliphatic carbocycles. The molecule has 2 aromatic rings. The molecule has 1 aliphatic rings. The summed E-state index contributed by atoms with van der Waals surface area (Å²) in [5.74, 6) is -0.416. The summed E-state index contributed by atoms with van der Waals surface area (Å²) in [6.45, 7) is 0. The van der Waals surface area contributed by atoms with Crippen LogP contribution in [-0.4, -0.2) is 38.8 Å². The second kappa shape index (κ2) is 8.01. The van der Waals surface area contributed by atoms with Crippen molar-refractivity contribution in [2.45, 2.75) is 41.5 Å². The zero-order valence-electron chi connectivity index (χ0n) is 14.7. The Morgan fingerprint density at radius 2 is 1.69 bits per heavy atom. The first kappa shape index (κ1) is 18.6. The van der Waals surface area contributed by atoms with Crippen LogP contribution in [-0.2, 0) is 25.8 Å². The zero-order valence-corrected chi connectivity index (χ0v) is 15.5. The summed E-state index contributed by atoms with van der Waals surface area (Å²) in [6, 6.07) is 17.5. The van der Waals surface area contributed by atoms with Crippen molar-refractivity contribution in [2.24, 2.45) is 0 Å². The summed E-state index contributed by atoms with van der Waals surface area (Å²) in [4.78, 5) is 12.3. The number of carbonyl (C=O) groups is 1. The van der Waals surface area contributed by atoms with Gasteiger partial charge in [-0.15, -0.1) is 0 Å². The average molecular weight is 373 g/mol. The maximum Gasteiger partial charge on any atom is 0.322 e. The van der Waals surface area contributed by atoms with Crippen molar-refractivity contribution in [1.29, 1.82) is 0 Å². The highest BCUT2D eigenvalue weighted by molar-refractivity contribution is 7.92.